The lowest BCUT2D eigenvalue weighted by Gasteiger charge is -2.40. The van der Waals surface area contributed by atoms with E-state index >= 15 is 0 Å². The van der Waals surface area contributed by atoms with Gasteiger partial charge in [-0.1, -0.05) is 24.3 Å². The number of ether oxygens (including phenoxy) is 1. The third-order valence-electron chi connectivity index (χ3n) is 6.04. The number of benzene rings is 1. The molecule has 1 aromatic carbocycles. The van der Waals surface area contributed by atoms with Crippen LogP contribution < -0.4 is 0 Å². The van der Waals surface area contributed by atoms with E-state index in [0.29, 0.717) is 18.7 Å². The lowest BCUT2D eigenvalue weighted by molar-refractivity contribution is 0.0520. The molecule has 2 atom stereocenters. The van der Waals surface area contributed by atoms with Gasteiger partial charge < -0.3 is 9.64 Å². The van der Waals surface area contributed by atoms with Crippen molar-refractivity contribution in [1.29, 1.82) is 0 Å². The van der Waals surface area contributed by atoms with Crippen molar-refractivity contribution in [2.24, 2.45) is 5.92 Å². The Bertz CT molecular complexity index is 595. The number of nitrogens with zero attached hydrogens (tertiary/aromatic N) is 2. The lowest BCUT2D eigenvalue weighted by atomic mass is 9.89. The van der Waals surface area contributed by atoms with Crippen LogP contribution in [0.1, 0.15) is 43.7 Å². The van der Waals surface area contributed by atoms with Gasteiger partial charge in [-0.15, -0.1) is 12.4 Å². The zero-order valence-electron chi connectivity index (χ0n) is 15.0. The molecule has 4 nitrogen and oxygen atoms in total. The highest BCUT2D eigenvalue weighted by Gasteiger charge is 2.44. The summed E-state index contributed by atoms with van der Waals surface area (Å²) >= 11 is 0. The summed E-state index contributed by atoms with van der Waals surface area (Å²) in [5, 5.41) is 0. The second kappa shape index (κ2) is 7.96. The average molecular weight is 365 g/mol. The number of rotatable bonds is 3. The number of fused-ring (bicyclic) bond motifs is 3. The number of piperidine rings is 1. The molecule has 3 heterocycles. The van der Waals surface area contributed by atoms with E-state index in [1.165, 1.54) is 30.6 Å². The van der Waals surface area contributed by atoms with Gasteiger partial charge in [0.1, 0.15) is 0 Å². The van der Waals surface area contributed by atoms with Crippen LogP contribution >= 0.6 is 12.4 Å². The van der Waals surface area contributed by atoms with Gasteiger partial charge in [-0.2, -0.15) is 0 Å². The molecule has 138 valence electrons. The quantitative estimate of drug-likeness (QED) is 0.816. The maximum Gasteiger partial charge on any atom is 0.410 e. The van der Waals surface area contributed by atoms with Gasteiger partial charge in [0.2, 0.25) is 0 Å². The van der Waals surface area contributed by atoms with Crippen LogP contribution in [0.15, 0.2) is 24.3 Å². The molecule has 3 aliphatic rings. The molecule has 0 saturated carbocycles. The van der Waals surface area contributed by atoms with E-state index in [9.17, 15) is 4.79 Å². The summed E-state index contributed by atoms with van der Waals surface area (Å²) in [7, 11) is 0. The molecule has 2 saturated heterocycles. The maximum atomic E-state index is 12.2. The Morgan fingerprint density at radius 3 is 2.52 bits per heavy atom. The van der Waals surface area contributed by atoms with Crippen molar-refractivity contribution in [3.8, 4) is 0 Å². The summed E-state index contributed by atoms with van der Waals surface area (Å²) in [4.78, 5) is 16.9. The fourth-order valence-corrected chi connectivity index (χ4v) is 5.01. The fraction of sp³-hybridized carbons (Fsp3) is 0.650. The molecule has 2 unspecified atom stereocenters. The van der Waals surface area contributed by atoms with Gasteiger partial charge in [-0.25, -0.2) is 4.79 Å². The van der Waals surface area contributed by atoms with E-state index in [1.807, 2.05) is 11.8 Å². The largest absolute Gasteiger partial charge is 0.450 e. The van der Waals surface area contributed by atoms with E-state index < -0.39 is 0 Å². The molecule has 3 aliphatic heterocycles. The van der Waals surface area contributed by atoms with E-state index in [1.54, 1.807) is 0 Å². The van der Waals surface area contributed by atoms with Crippen molar-refractivity contribution in [2.45, 2.75) is 57.7 Å². The Morgan fingerprint density at radius 2 is 1.84 bits per heavy atom. The molecule has 4 rings (SSSR count). The van der Waals surface area contributed by atoms with Crippen molar-refractivity contribution in [3.05, 3.63) is 35.4 Å². The topological polar surface area (TPSA) is 32.8 Å². The molecule has 1 amide bonds. The number of carbonyl (C=O) groups is 1. The Morgan fingerprint density at radius 1 is 1.16 bits per heavy atom. The summed E-state index contributed by atoms with van der Waals surface area (Å²) < 4.78 is 5.26. The van der Waals surface area contributed by atoms with Crippen molar-refractivity contribution >= 4 is 18.5 Å². The van der Waals surface area contributed by atoms with Gasteiger partial charge in [0.05, 0.1) is 6.61 Å². The summed E-state index contributed by atoms with van der Waals surface area (Å²) in [6.07, 6.45) is 5.69. The number of hydrogen-bond donors (Lipinski definition) is 0. The first-order valence-electron chi connectivity index (χ1n) is 9.48. The summed E-state index contributed by atoms with van der Waals surface area (Å²) in [5.74, 6) is 0.721. The first-order valence-corrected chi connectivity index (χ1v) is 9.48. The molecule has 0 aromatic heterocycles. The molecule has 25 heavy (non-hydrogen) atoms. The minimum Gasteiger partial charge on any atom is -0.450 e. The Labute approximate surface area is 156 Å². The minimum absolute atomic E-state index is 0. The molecule has 1 aromatic rings. The van der Waals surface area contributed by atoms with Crippen LogP contribution in [-0.4, -0.2) is 47.7 Å². The highest BCUT2D eigenvalue weighted by molar-refractivity contribution is 5.85. The minimum atomic E-state index is -0.0876. The van der Waals surface area contributed by atoms with E-state index in [2.05, 4.69) is 29.2 Å². The standard InChI is InChI=1S/C20H28N2O2.ClH/c1-2-24-20(23)22-18-7-8-19(22)12-15(11-18)13-21-10-9-16-5-3-4-6-17(16)14-21;/h3-6,15,18-19H,2,7-14H2,1H3;1H. The second-order valence-corrected chi connectivity index (χ2v) is 7.58. The van der Waals surface area contributed by atoms with Crippen LogP contribution in [0.25, 0.3) is 0 Å². The zero-order valence-corrected chi connectivity index (χ0v) is 15.8. The normalized spacial score (nSPS) is 28.2. The van der Waals surface area contributed by atoms with Gasteiger partial charge in [-0.05, 0) is 56.1 Å². The molecular weight excluding hydrogens is 336 g/mol. The molecule has 0 N–H and O–H groups in total. The molecule has 0 radical (unpaired) electrons. The first-order chi connectivity index (χ1) is 11.7. The van der Waals surface area contributed by atoms with Gasteiger partial charge in [0, 0.05) is 31.7 Å². The molecule has 2 bridgehead atoms. The van der Waals surface area contributed by atoms with Gasteiger partial charge >= 0.3 is 6.09 Å². The van der Waals surface area contributed by atoms with Crippen LogP contribution in [0.3, 0.4) is 0 Å². The predicted molar refractivity (Wildman–Crippen MR) is 101 cm³/mol. The Kier molecular flexibility index (Phi) is 5.90. The van der Waals surface area contributed by atoms with Crippen LogP contribution in [0.5, 0.6) is 0 Å². The third-order valence-corrected chi connectivity index (χ3v) is 6.04. The molecule has 5 heteroatoms. The van der Waals surface area contributed by atoms with Crippen molar-refractivity contribution in [1.82, 2.24) is 9.80 Å². The highest BCUT2D eigenvalue weighted by atomic mass is 35.5. The molecular formula is C20H29ClN2O2. The second-order valence-electron chi connectivity index (χ2n) is 7.58. The number of amides is 1. The van der Waals surface area contributed by atoms with Crippen molar-refractivity contribution in [2.75, 3.05) is 19.7 Å². The van der Waals surface area contributed by atoms with Crippen LogP contribution in [0.4, 0.5) is 4.79 Å². The van der Waals surface area contributed by atoms with E-state index in [-0.39, 0.29) is 18.5 Å². The Balaban J connectivity index is 0.00000182. The monoisotopic (exact) mass is 364 g/mol. The van der Waals surface area contributed by atoms with Gasteiger partial charge in [0.25, 0.3) is 0 Å². The third kappa shape index (κ3) is 3.80. The zero-order chi connectivity index (χ0) is 16.5. The molecule has 0 aliphatic carbocycles. The average Bonchev–Trinajstić information content (AvgIpc) is 2.86. The molecule has 2 fully saturated rings. The number of carbonyl (C=O) groups excluding carboxylic acids is 1. The fourth-order valence-electron chi connectivity index (χ4n) is 5.01. The summed E-state index contributed by atoms with van der Waals surface area (Å²) in [6, 6.07) is 9.66. The SMILES string of the molecule is CCOC(=O)N1C2CCC1CC(CN1CCc3ccccc3C1)C2.Cl. The van der Waals surface area contributed by atoms with Gasteiger partial charge in [0.15, 0.2) is 0 Å². The summed E-state index contributed by atoms with van der Waals surface area (Å²) in [5.41, 5.74) is 3.02. The van der Waals surface area contributed by atoms with Gasteiger partial charge in [-0.3, -0.25) is 4.90 Å². The lowest BCUT2D eigenvalue weighted by Crippen LogP contribution is -2.49. The van der Waals surface area contributed by atoms with Crippen LogP contribution in [-0.2, 0) is 17.7 Å². The van der Waals surface area contributed by atoms with Crippen molar-refractivity contribution in [3.63, 3.8) is 0 Å². The predicted octanol–water partition coefficient (Wildman–Crippen LogP) is 3.87. The summed E-state index contributed by atoms with van der Waals surface area (Å²) in [6.45, 7) is 5.80. The Hall–Kier alpha value is -1.26. The van der Waals surface area contributed by atoms with E-state index in [0.717, 1.165) is 38.1 Å². The maximum absolute atomic E-state index is 12.2. The highest BCUT2D eigenvalue weighted by Crippen LogP contribution is 2.39. The smallest absolute Gasteiger partial charge is 0.410 e. The van der Waals surface area contributed by atoms with Crippen molar-refractivity contribution < 1.29 is 9.53 Å². The molecule has 0 spiro atoms. The van der Waals surface area contributed by atoms with Crippen LogP contribution in [0, 0.1) is 5.92 Å². The van der Waals surface area contributed by atoms with E-state index in [4.69, 9.17) is 4.74 Å². The van der Waals surface area contributed by atoms with Crippen LogP contribution in [0.2, 0.25) is 0 Å². The first kappa shape index (κ1) is 18.5. The number of hydrogen-bond acceptors (Lipinski definition) is 3. The number of halogens is 1.